The summed E-state index contributed by atoms with van der Waals surface area (Å²) in [5.41, 5.74) is 0.775. The summed E-state index contributed by atoms with van der Waals surface area (Å²) in [5, 5.41) is 30.4. The first-order valence-corrected chi connectivity index (χ1v) is 12.9. The zero-order valence-electron chi connectivity index (χ0n) is 20.5. The Labute approximate surface area is 189 Å². The van der Waals surface area contributed by atoms with E-state index in [0.717, 1.165) is 57.3 Å². The van der Waals surface area contributed by atoms with Crippen molar-refractivity contribution in [2.24, 2.45) is 34.5 Å². The summed E-state index contributed by atoms with van der Waals surface area (Å²) in [6, 6.07) is 0. The molecule has 4 aliphatic carbocycles. The van der Waals surface area contributed by atoms with Gasteiger partial charge < -0.3 is 10.2 Å². The van der Waals surface area contributed by atoms with E-state index >= 15 is 0 Å². The molecule has 0 aromatic carbocycles. The lowest BCUT2D eigenvalue weighted by molar-refractivity contribution is -0.343. The highest BCUT2D eigenvalue weighted by atomic mass is 17.1. The van der Waals surface area contributed by atoms with Crippen LogP contribution in [0.2, 0.25) is 0 Å². The highest BCUT2D eigenvalue weighted by Crippen LogP contribution is 2.68. The summed E-state index contributed by atoms with van der Waals surface area (Å²) in [6.07, 6.45) is 13.6. The number of hydrogen-bond acceptors (Lipinski definition) is 4. The van der Waals surface area contributed by atoms with Gasteiger partial charge in [0.2, 0.25) is 0 Å². The average molecular weight is 435 g/mol. The molecule has 4 nitrogen and oxygen atoms in total. The summed E-state index contributed by atoms with van der Waals surface area (Å²) in [7, 11) is 0. The first-order valence-electron chi connectivity index (χ1n) is 12.9. The predicted octanol–water partition coefficient (Wildman–Crippen LogP) is 6.12. The lowest BCUT2D eigenvalue weighted by Gasteiger charge is -2.59. The minimum Gasteiger partial charge on any atom is -0.393 e. The Morgan fingerprint density at radius 1 is 1.03 bits per heavy atom. The Bertz CT molecular complexity index is 696. The van der Waals surface area contributed by atoms with Gasteiger partial charge in [0, 0.05) is 0 Å². The minimum absolute atomic E-state index is 0.146. The number of allylic oxidation sites excluding steroid dienone is 1. The maximum atomic E-state index is 10.2. The van der Waals surface area contributed by atoms with Crippen LogP contribution >= 0.6 is 0 Å². The Morgan fingerprint density at radius 3 is 2.45 bits per heavy atom. The van der Waals surface area contributed by atoms with Gasteiger partial charge in [-0.3, -0.25) is 5.26 Å². The van der Waals surface area contributed by atoms with E-state index in [9.17, 15) is 15.5 Å². The van der Waals surface area contributed by atoms with Crippen LogP contribution in [0.25, 0.3) is 0 Å². The van der Waals surface area contributed by atoms with Gasteiger partial charge in [0.25, 0.3) is 0 Å². The Morgan fingerprint density at radius 2 is 1.77 bits per heavy atom. The fourth-order valence-corrected chi connectivity index (χ4v) is 8.80. The number of fused-ring (bicyclic) bond motifs is 5. The van der Waals surface area contributed by atoms with Gasteiger partial charge in [-0.05, 0) is 126 Å². The fourth-order valence-electron chi connectivity index (χ4n) is 8.80. The predicted molar refractivity (Wildman–Crippen MR) is 123 cm³/mol. The average Bonchev–Trinajstić information content (AvgIpc) is 3.05. The fraction of sp³-hybridized carbons (Fsp3) is 0.926. The molecule has 0 bridgehead atoms. The van der Waals surface area contributed by atoms with E-state index in [2.05, 4.69) is 26.8 Å². The third kappa shape index (κ3) is 4.05. The first-order chi connectivity index (χ1) is 14.4. The lowest BCUT2D eigenvalue weighted by Crippen LogP contribution is -2.53. The van der Waals surface area contributed by atoms with Crippen molar-refractivity contribution in [2.75, 3.05) is 0 Å². The van der Waals surface area contributed by atoms with E-state index in [1.54, 1.807) is 0 Å². The molecule has 178 valence electrons. The molecule has 3 fully saturated rings. The Balaban J connectivity index is 1.54. The van der Waals surface area contributed by atoms with Crippen LogP contribution in [0, 0.1) is 34.5 Å². The molecule has 4 heteroatoms. The highest BCUT2D eigenvalue weighted by molar-refractivity contribution is 5.25. The lowest BCUT2D eigenvalue weighted by atomic mass is 9.46. The van der Waals surface area contributed by atoms with Crippen molar-refractivity contribution < 1.29 is 20.4 Å². The zero-order chi connectivity index (χ0) is 22.7. The molecule has 4 rings (SSSR count). The third-order valence-corrected chi connectivity index (χ3v) is 10.5. The number of aliphatic hydroxyl groups excluding tert-OH is 1. The topological polar surface area (TPSA) is 69.9 Å². The molecule has 3 saturated carbocycles. The second-order valence-electron chi connectivity index (χ2n) is 12.9. The van der Waals surface area contributed by atoms with E-state index < -0.39 is 11.2 Å². The summed E-state index contributed by atoms with van der Waals surface area (Å²) >= 11 is 0. The molecule has 0 aromatic rings. The molecule has 0 aliphatic heterocycles. The normalized spacial score (nSPS) is 44.6. The van der Waals surface area contributed by atoms with Gasteiger partial charge in [0.15, 0.2) is 0 Å². The second-order valence-corrected chi connectivity index (χ2v) is 12.9. The van der Waals surface area contributed by atoms with Gasteiger partial charge in [-0.1, -0.05) is 25.5 Å². The van der Waals surface area contributed by atoms with Crippen molar-refractivity contribution in [1.29, 1.82) is 0 Å². The molecular weight excluding hydrogens is 388 g/mol. The third-order valence-electron chi connectivity index (χ3n) is 10.5. The van der Waals surface area contributed by atoms with Crippen LogP contribution in [-0.4, -0.2) is 32.8 Å². The van der Waals surface area contributed by atoms with Crippen LogP contribution < -0.4 is 0 Å². The van der Waals surface area contributed by atoms with E-state index in [0.29, 0.717) is 17.8 Å². The molecule has 8 atom stereocenters. The second kappa shape index (κ2) is 8.11. The zero-order valence-corrected chi connectivity index (χ0v) is 20.5. The molecule has 3 N–H and O–H groups in total. The standard InChI is InChI=1S/C27H46O4/c1-24(2,29)13-6-14-27(5,31-30)23-10-9-21-20-8-7-18-17-19(28)11-15-25(18,3)22(20)12-16-26(21,23)4/h7,19-23,28-30H,6,8-17H2,1-5H3/t19-,20-,21-,22-,23-,25-,26-,27+/m0/s1. The quantitative estimate of drug-likeness (QED) is 0.268. The summed E-state index contributed by atoms with van der Waals surface area (Å²) in [4.78, 5) is 5.28. The van der Waals surface area contributed by atoms with Crippen LogP contribution in [0.5, 0.6) is 0 Å². The molecule has 0 amide bonds. The molecular formula is C27H46O4. The molecule has 31 heavy (non-hydrogen) atoms. The highest BCUT2D eigenvalue weighted by Gasteiger charge is 2.61. The molecule has 0 saturated heterocycles. The van der Waals surface area contributed by atoms with Crippen molar-refractivity contribution in [2.45, 2.75) is 123 Å². The van der Waals surface area contributed by atoms with Crippen LogP contribution in [0.1, 0.15) is 105 Å². The van der Waals surface area contributed by atoms with Gasteiger partial charge >= 0.3 is 0 Å². The summed E-state index contributed by atoms with van der Waals surface area (Å²) in [5.74, 6) is 2.48. The maximum absolute atomic E-state index is 10.2. The van der Waals surface area contributed by atoms with Gasteiger partial charge in [-0.25, -0.2) is 4.89 Å². The van der Waals surface area contributed by atoms with Gasteiger partial charge in [0.05, 0.1) is 11.7 Å². The van der Waals surface area contributed by atoms with E-state index in [4.69, 9.17) is 4.89 Å². The molecule has 0 aromatic heterocycles. The van der Waals surface area contributed by atoms with Crippen LogP contribution in [0.15, 0.2) is 11.6 Å². The Kier molecular flexibility index (Phi) is 6.21. The number of rotatable bonds is 6. The molecule has 0 unspecified atom stereocenters. The van der Waals surface area contributed by atoms with E-state index in [-0.39, 0.29) is 16.9 Å². The molecule has 0 heterocycles. The summed E-state index contributed by atoms with van der Waals surface area (Å²) in [6.45, 7) is 10.8. The van der Waals surface area contributed by atoms with Crippen LogP contribution in [-0.2, 0) is 4.89 Å². The van der Waals surface area contributed by atoms with Crippen molar-refractivity contribution >= 4 is 0 Å². The van der Waals surface area contributed by atoms with Gasteiger partial charge in [-0.2, -0.15) is 0 Å². The minimum atomic E-state index is -0.675. The van der Waals surface area contributed by atoms with Gasteiger partial charge in [0.1, 0.15) is 5.60 Å². The van der Waals surface area contributed by atoms with Crippen LogP contribution in [0.3, 0.4) is 0 Å². The largest absolute Gasteiger partial charge is 0.393 e. The van der Waals surface area contributed by atoms with Crippen molar-refractivity contribution in [3.8, 4) is 0 Å². The number of hydrogen-bond donors (Lipinski definition) is 3. The number of aliphatic hydroxyl groups is 2. The molecule has 0 spiro atoms. The smallest absolute Gasteiger partial charge is 0.104 e. The summed E-state index contributed by atoms with van der Waals surface area (Å²) < 4.78 is 0. The van der Waals surface area contributed by atoms with Gasteiger partial charge in [-0.15, -0.1) is 0 Å². The van der Waals surface area contributed by atoms with E-state index in [1.807, 2.05) is 13.8 Å². The maximum Gasteiger partial charge on any atom is 0.104 e. The van der Waals surface area contributed by atoms with Crippen molar-refractivity contribution in [1.82, 2.24) is 0 Å². The van der Waals surface area contributed by atoms with E-state index in [1.165, 1.54) is 24.8 Å². The van der Waals surface area contributed by atoms with Crippen LogP contribution in [0.4, 0.5) is 0 Å². The van der Waals surface area contributed by atoms with Crippen molar-refractivity contribution in [3.05, 3.63) is 11.6 Å². The Hall–Kier alpha value is -0.420. The first kappa shape index (κ1) is 23.7. The molecule has 0 radical (unpaired) electrons. The SMILES string of the molecule is CC(C)(O)CCC[C@@](C)(OO)[C@H]1CC[C@H]2[C@@H]3CC=C4C[C@@H](O)CC[C@]4(C)[C@H]3CC[C@@]21C. The molecule has 4 aliphatic rings. The van der Waals surface area contributed by atoms with Crippen molar-refractivity contribution in [3.63, 3.8) is 0 Å². The monoisotopic (exact) mass is 434 g/mol.